The van der Waals surface area contributed by atoms with Gasteiger partial charge in [0.2, 0.25) is 0 Å². The SMILES string of the molecule is Cn1nnc(CC(=O)C2CCCCCC2)n1. The zero-order valence-corrected chi connectivity index (χ0v) is 9.72. The Labute approximate surface area is 95.2 Å². The number of aryl methyl sites for hydroxylation is 1. The van der Waals surface area contributed by atoms with E-state index in [2.05, 4.69) is 15.4 Å². The van der Waals surface area contributed by atoms with Crippen LogP contribution in [0, 0.1) is 5.92 Å². The third-order valence-corrected chi connectivity index (χ3v) is 3.19. The molecule has 5 nitrogen and oxygen atoms in total. The van der Waals surface area contributed by atoms with E-state index in [9.17, 15) is 4.79 Å². The van der Waals surface area contributed by atoms with E-state index in [1.807, 2.05) is 0 Å². The number of hydrogen-bond acceptors (Lipinski definition) is 4. The van der Waals surface area contributed by atoms with Crippen LogP contribution in [0.2, 0.25) is 0 Å². The van der Waals surface area contributed by atoms with Crippen LogP contribution in [0.3, 0.4) is 0 Å². The molecule has 2 rings (SSSR count). The molecular weight excluding hydrogens is 204 g/mol. The van der Waals surface area contributed by atoms with Crippen LogP contribution in [-0.4, -0.2) is 26.0 Å². The molecule has 0 radical (unpaired) electrons. The van der Waals surface area contributed by atoms with Crippen LogP contribution in [-0.2, 0) is 18.3 Å². The Morgan fingerprint density at radius 2 is 2.00 bits per heavy atom. The summed E-state index contributed by atoms with van der Waals surface area (Å²) in [6.07, 6.45) is 7.34. The molecule has 0 saturated heterocycles. The third kappa shape index (κ3) is 2.87. The molecule has 16 heavy (non-hydrogen) atoms. The molecular formula is C11H18N4O. The molecule has 1 aliphatic carbocycles. The van der Waals surface area contributed by atoms with Crippen molar-refractivity contribution >= 4 is 5.78 Å². The quantitative estimate of drug-likeness (QED) is 0.723. The van der Waals surface area contributed by atoms with Gasteiger partial charge in [-0.1, -0.05) is 25.7 Å². The number of tetrazole rings is 1. The monoisotopic (exact) mass is 222 g/mol. The summed E-state index contributed by atoms with van der Waals surface area (Å²) in [5.74, 6) is 1.07. The maximum absolute atomic E-state index is 12.0. The molecule has 1 heterocycles. The average Bonchev–Trinajstić information content (AvgIpc) is 2.56. The maximum atomic E-state index is 12.0. The van der Waals surface area contributed by atoms with Gasteiger partial charge < -0.3 is 0 Å². The molecule has 0 unspecified atom stereocenters. The predicted octanol–water partition coefficient (Wildman–Crippen LogP) is 1.29. The van der Waals surface area contributed by atoms with Crippen LogP contribution in [0.4, 0.5) is 0 Å². The van der Waals surface area contributed by atoms with Crippen LogP contribution in [0.1, 0.15) is 44.3 Å². The summed E-state index contributed by atoms with van der Waals surface area (Å²) in [5.41, 5.74) is 0. The summed E-state index contributed by atoms with van der Waals surface area (Å²) >= 11 is 0. The molecule has 1 aliphatic rings. The Kier molecular flexibility index (Phi) is 3.64. The van der Waals surface area contributed by atoms with Gasteiger partial charge in [-0.05, 0) is 18.1 Å². The number of rotatable bonds is 3. The van der Waals surface area contributed by atoms with Gasteiger partial charge in [0, 0.05) is 5.92 Å². The minimum absolute atomic E-state index is 0.228. The second-order valence-electron chi connectivity index (χ2n) is 4.53. The summed E-state index contributed by atoms with van der Waals surface area (Å²) in [6.45, 7) is 0. The minimum atomic E-state index is 0.228. The molecule has 1 fully saturated rings. The Hall–Kier alpha value is -1.26. The predicted molar refractivity (Wildman–Crippen MR) is 58.7 cm³/mol. The number of Topliss-reactive ketones (excluding diaryl/α,β-unsaturated/α-hetero) is 1. The van der Waals surface area contributed by atoms with Gasteiger partial charge in [0.1, 0.15) is 5.78 Å². The number of carbonyl (C=O) groups excluding carboxylic acids is 1. The number of hydrogen-bond donors (Lipinski definition) is 0. The van der Waals surface area contributed by atoms with Gasteiger partial charge in [0.25, 0.3) is 0 Å². The molecule has 0 bridgehead atoms. The van der Waals surface area contributed by atoms with Crippen molar-refractivity contribution in [2.45, 2.75) is 44.9 Å². The first-order valence-electron chi connectivity index (χ1n) is 6.01. The van der Waals surface area contributed by atoms with Gasteiger partial charge in [-0.15, -0.1) is 10.2 Å². The highest BCUT2D eigenvalue weighted by Crippen LogP contribution is 2.24. The number of nitrogens with zero attached hydrogens (tertiary/aromatic N) is 4. The van der Waals surface area contributed by atoms with E-state index >= 15 is 0 Å². The molecule has 88 valence electrons. The van der Waals surface area contributed by atoms with Crippen LogP contribution in [0.15, 0.2) is 0 Å². The van der Waals surface area contributed by atoms with Gasteiger partial charge in [0.15, 0.2) is 5.82 Å². The Morgan fingerprint density at radius 3 is 2.56 bits per heavy atom. The van der Waals surface area contributed by atoms with E-state index in [0.717, 1.165) is 12.8 Å². The van der Waals surface area contributed by atoms with Crippen LogP contribution in [0.25, 0.3) is 0 Å². The number of aromatic nitrogens is 4. The summed E-state index contributed by atoms with van der Waals surface area (Å²) in [4.78, 5) is 13.4. The van der Waals surface area contributed by atoms with E-state index in [1.165, 1.54) is 30.5 Å². The lowest BCUT2D eigenvalue weighted by molar-refractivity contribution is -0.122. The summed E-state index contributed by atoms with van der Waals surface area (Å²) in [5, 5.41) is 11.6. The Morgan fingerprint density at radius 1 is 1.31 bits per heavy atom. The summed E-state index contributed by atoms with van der Waals surface area (Å²) in [6, 6.07) is 0. The standard InChI is InChI=1S/C11H18N4O/c1-15-13-11(12-14-15)8-10(16)9-6-4-2-3-5-7-9/h9H,2-8H2,1H3. The average molecular weight is 222 g/mol. The fraction of sp³-hybridized carbons (Fsp3) is 0.818. The largest absolute Gasteiger partial charge is 0.299 e. The molecule has 1 saturated carbocycles. The molecule has 1 aromatic rings. The molecule has 0 N–H and O–H groups in total. The van der Waals surface area contributed by atoms with Crippen LogP contribution >= 0.6 is 0 Å². The highest BCUT2D eigenvalue weighted by Gasteiger charge is 2.21. The summed E-state index contributed by atoms with van der Waals surface area (Å²) < 4.78 is 0. The lowest BCUT2D eigenvalue weighted by Crippen LogP contribution is -2.17. The zero-order chi connectivity index (χ0) is 11.4. The van der Waals surface area contributed by atoms with Crippen molar-refractivity contribution in [1.29, 1.82) is 0 Å². The van der Waals surface area contributed by atoms with E-state index < -0.39 is 0 Å². The van der Waals surface area contributed by atoms with Crippen LogP contribution < -0.4 is 0 Å². The zero-order valence-electron chi connectivity index (χ0n) is 9.72. The normalized spacial score (nSPS) is 18.3. The van der Waals surface area contributed by atoms with Crippen molar-refractivity contribution in [3.63, 3.8) is 0 Å². The molecule has 0 amide bonds. The topological polar surface area (TPSA) is 60.7 Å². The molecule has 0 spiro atoms. The van der Waals surface area contributed by atoms with E-state index in [0.29, 0.717) is 12.2 Å². The van der Waals surface area contributed by atoms with Gasteiger partial charge in [-0.25, -0.2) is 0 Å². The van der Waals surface area contributed by atoms with Crippen LogP contribution in [0.5, 0.6) is 0 Å². The van der Waals surface area contributed by atoms with Gasteiger partial charge in [-0.3, -0.25) is 4.79 Å². The Balaban J connectivity index is 1.91. The first-order chi connectivity index (χ1) is 7.75. The molecule has 0 aromatic carbocycles. The fourth-order valence-corrected chi connectivity index (χ4v) is 2.30. The first-order valence-corrected chi connectivity index (χ1v) is 6.01. The van der Waals surface area contributed by atoms with Gasteiger partial charge in [0.05, 0.1) is 13.5 Å². The molecule has 0 aliphatic heterocycles. The number of carbonyl (C=O) groups is 1. The highest BCUT2D eigenvalue weighted by molar-refractivity contribution is 5.82. The smallest absolute Gasteiger partial charge is 0.182 e. The van der Waals surface area contributed by atoms with Crippen molar-refractivity contribution in [2.24, 2.45) is 13.0 Å². The summed E-state index contributed by atoms with van der Waals surface area (Å²) in [7, 11) is 1.71. The van der Waals surface area contributed by atoms with Crippen molar-refractivity contribution in [2.75, 3.05) is 0 Å². The molecule has 5 heteroatoms. The molecule has 1 aromatic heterocycles. The second kappa shape index (κ2) is 5.18. The van der Waals surface area contributed by atoms with E-state index in [-0.39, 0.29) is 11.7 Å². The van der Waals surface area contributed by atoms with E-state index in [4.69, 9.17) is 0 Å². The van der Waals surface area contributed by atoms with Crippen molar-refractivity contribution in [3.8, 4) is 0 Å². The van der Waals surface area contributed by atoms with Crippen molar-refractivity contribution in [3.05, 3.63) is 5.82 Å². The number of ketones is 1. The van der Waals surface area contributed by atoms with Crippen molar-refractivity contribution < 1.29 is 4.79 Å². The lowest BCUT2D eigenvalue weighted by atomic mass is 9.93. The third-order valence-electron chi connectivity index (χ3n) is 3.19. The Bertz CT molecular complexity index is 353. The maximum Gasteiger partial charge on any atom is 0.182 e. The van der Waals surface area contributed by atoms with E-state index in [1.54, 1.807) is 7.05 Å². The first kappa shape index (κ1) is 11.2. The lowest BCUT2D eigenvalue weighted by Gasteiger charge is -2.10. The van der Waals surface area contributed by atoms with Gasteiger partial charge in [-0.2, -0.15) is 4.80 Å². The van der Waals surface area contributed by atoms with Gasteiger partial charge >= 0.3 is 0 Å². The minimum Gasteiger partial charge on any atom is -0.299 e. The fourth-order valence-electron chi connectivity index (χ4n) is 2.30. The molecule has 0 atom stereocenters. The van der Waals surface area contributed by atoms with Crippen molar-refractivity contribution in [1.82, 2.24) is 20.2 Å². The highest BCUT2D eigenvalue weighted by atomic mass is 16.1. The second-order valence-corrected chi connectivity index (χ2v) is 4.53.